The topological polar surface area (TPSA) is 80.0 Å². The first-order valence-electron chi connectivity index (χ1n) is 6.27. The van der Waals surface area contributed by atoms with Crippen molar-refractivity contribution in [2.45, 2.75) is 13.3 Å². The summed E-state index contributed by atoms with van der Waals surface area (Å²) in [6, 6.07) is 7.44. The average molecular weight is 400 g/mol. The van der Waals surface area contributed by atoms with Crippen LogP contribution in [0.2, 0.25) is 0 Å². The Morgan fingerprint density at radius 3 is 2.76 bits per heavy atom. The van der Waals surface area contributed by atoms with E-state index in [2.05, 4.69) is 15.7 Å². The highest BCUT2D eigenvalue weighted by molar-refractivity contribution is 14.1. The SMILES string of the molecule is CCc1cc(C(=O)Nc2ccc(F)cc2I)cc(NN)n1. The number of amides is 1. The zero-order valence-corrected chi connectivity index (χ0v) is 13.4. The van der Waals surface area contributed by atoms with E-state index in [-0.39, 0.29) is 11.7 Å². The third-order valence-corrected chi connectivity index (χ3v) is 3.72. The number of carbonyl (C=O) groups is 1. The summed E-state index contributed by atoms with van der Waals surface area (Å²) in [7, 11) is 0. The molecule has 21 heavy (non-hydrogen) atoms. The number of hydrogen-bond donors (Lipinski definition) is 3. The molecule has 0 fully saturated rings. The van der Waals surface area contributed by atoms with Gasteiger partial charge in [0.1, 0.15) is 11.6 Å². The van der Waals surface area contributed by atoms with E-state index in [0.717, 1.165) is 5.69 Å². The van der Waals surface area contributed by atoms with Crippen LogP contribution in [-0.2, 0) is 6.42 Å². The van der Waals surface area contributed by atoms with Crippen molar-refractivity contribution in [2.75, 3.05) is 10.7 Å². The van der Waals surface area contributed by atoms with Gasteiger partial charge in [-0.05, 0) is 59.3 Å². The Morgan fingerprint density at radius 1 is 1.38 bits per heavy atom. The number of aryl methyl sites for hydroxylation is 1. The number of nitrogen functional groups attached to an aromatic ring is 1. The quantitative estimate of drug-likeness (QED) is 0.419. The Kier molecular flexibility index (Phi) is 5.07. The van der Waals surface area contributed by atoms with Crippen LogP contribution >= 0.6 is 22.6 Å². The maximum atomic E-state index is 13.1. The largest absolute Gasteiger partial charge is 0.321 e. The van der Waals surface area contributed by atoms with Gasteiger partial charge in [0, 0.05) is 14.8 Å². The predicted molar refractivity (Wildman–Crippen MR) is 88.5 cm³/mol. The highest BCUT2D eigenvalue weighted by Crippen LogP contribution is 2.20. The lowest BCUT2D eigenvalue weighted by molar-refractivity contribution is 0.102. The van der Waals surface area contributed by atoms with E-state index in [1.54, 1.807) is 12.1 Å². The molecular weight excluding hydrogens is 386 g/mol. The number of nitrogens with two attached hydrogens (primary N) is 1. The molecule has 0 saturated heterocycles. The molecule has 1 aromatic heterocycles. The highest BCUT2D eigenvalue weighted by atomic mass is 127. The number of hydrogen-bond acceptors (Lipinski definition) is 4. The molecule has 1 amide bonds. The minimum atomic E-state index is -0.343. The first-order chi connectivity index (χ1) is 10.0. The number of nitrogens with zero attached hydrogens (tertiary/aromatic N) is 1. The summed E-state index contributed by atoms with van der Waals surface area (Å²) in [4.78, 5) is 16.5. The van der Waals surface area contributed by atoms with Crippen molar-refractivity contribution in [3.8, 4) is 0 Å². The minimum absolute atomic E-state index is 0.298. The molecule has 5 nitrogen and oxygen atoms in total. The van der Waals surface area contributed by atoms with Gasteiger partial charge in [-0.25, -0.2) is 15.2 Å². The Balaban J connectivity index is 2.27. The van der Waals surface area contributed by atoms with Crippen molar-refractivity contribution < 1.29 is 9.18 Å². The predicted octanol–water partition coefficient (Wildman–Crippen LogP) is 2.93. The Morgan fingerprint density at radius 2 is 2.14 bits per heavy atom. The first-order valence-corrected chi connectivity index (χ1v) is 7.35. The van der Waals surface area contributed by atoms with Gasteiger partial charge in [-0.3, -0.25) is 4.79 Å². The number of halogens is 2. The molecule has 0 atom stereocenters. The van der Waals surface area contributed by atoms with Crippen molar-refractivity contribution >= 4 is 40.0 Å². The number of benzene rings is 1. The first kappa shape index (κ1) is 15.6. The number of carbonyl (C=O) groups excluding carboxylic acids is 1. The van der Waals surface area contributed by atoms with Gasteiger partial charge in [0.2, 0.25) is 0 Å². The molecule has 0 aliphatic rings. The number of anilines is 2. The summed E-state index contributed by atoms with van der Waals surface area (Å²) in [5, 5.41) is 2.75. The van der Waals surface area contributed by atoms with E-state index < -0.39 is 0 Å². The van der Waals surface area contributed by atoms with Gasteiger partial charge in [-0.1, -0.05) is 6.92 Å². The van der Waals surface area contributed by atoms with Gasteiger partial charge in [-0.2, -0.15) is 0 Å². The van der Waals surface area contributed by atoms with Crippen LogP contribution in [0.5, 0.6) is 0 Å². The normalized spacial score (nSPS) is 10.3. The lowest BCUT2D eigenvalue weighted by Crippen LogP contribution is -2.16. The van der Waals surface area contributed by atoms with Gasteiger partial charge >= 0.3 is 0 Å². The summed E-state index contributed by atoms with van der Waals surface area (Å²) in [5.74, 6) is 5.13. The van der Waals surface area contributed by atoms with Crippen molar-refractivity contribution in [1.29, 1.82) is 0 Å². The monoisotopic (exact) mass is 400 g/mol. The van der Waals surface area contributed by atoms with Gasteiger partial charge in [0.15, 0.2) is 0 Å². The molecule has 0 spiro atoms. The molecule has 7 heteroatoms. The molecule has 0 bridgehead atoms. The molecule has 4 N–H and O–H groups in total. The van der Waals surface area contributed by atoms with E-state index in [1.807, 2.05) is 29.5 Å². The van der Waals surface area contributed by atoms with Crippen LogP contribution in [0.4, 0.5) is 15.9 Å². The Hall–Kier alpha value is -1.74. The maximum Gasteiger partial charge on any atom is 0.255 e. The van der Waals surface area contributed by atoms with Gasteiger partial charge in [0.05, 0.1) is 5.69 Å². The molecule has 2 rings (SSSR count). The molecule has 0 saturated carbocycles. The summed E-state index contributed by atoms with van der Waals surface area (Å²) in [6.45, 7) is 1.94. The fourth-order valence-corrected chi connectivity index (χ4v) is 2.37. The van der Waals surface area contributed by atoms with Crippen LogP contribution in [0, 0.1) is 9.39 Å². The van der Waals surface area contributed by atoms with Crippen LogP contribution in [0.15, 0.2) is 30.3 Å². The van der Waals surface area contributed by atoms with Gasteiger partial charge < -0.3 is 10.7 Å². The second-order valence-corrected chi connectivity index (χ2v) is 5.47. The molecule has 1 heterocycles. The Bertz CT molecular complexity index is 656. The second kappa shape index (κ2) is 6.81. The summed E-state index contributed by atoms with van der Waals surface area (Å²) in [6.07, 6.45) is 0.684. The average Bonchev–Trinajstić information content (AvgIpc) is 2.49. The molecule has 110 valence electrons. The van der Waals surface area contributed by atoms with E-state index in [0.29, 0.717) is 27.1 Å². The van der Waals surface area contributed by atoms with E-state index in [1.165, 1.54) is 18.2 Å². The van der Waals surface area contributed by atoms with Crippen molar-refractivity contribution in [3.63, 3.8) is 0 Å². The lowest BCUT2D eigenvalue weighted by Gasteiger charge is -2.10. The molecule has 2 aromatic rings. The minimum Gasteiger partial charge on any atom is -0.321 e. The Labute approximate surface area is 135 Å². The van der Waals surface area contributed by atoms with Crippen LogP contribution in [0.25, 0.3) is 0 Å². The number of pyridine rings is 1. The highest BCUT2D eigenvalue weighted by Gasteiger charge is 2.11. The number of nitrogens with one attached hydrogen (secondary N) is 2. The van der Waals surface area contributed by atoms with Crippen LogP contribution < -0.4 is 16.6 Å². The fourth-order valence-electron chi connectivity index (χ4n) is 1.76. The molecule has 0 aliphatic heterocycles. The second-order valence-electron chi connectivity index (χ2n) is 4.31. The molecule has 0 aliphatic carbocycles. The lowest BCUT2D eigenvalue weighted by atomic mass is 10.1. The smallest absolute Gasteiger partial charge is 0.255 e. The van der Waals surface area contributed by atoms with Crippen molar-refractivity contribution in [2.24, 2.45) is 5.84 Å². The molecule has 0 radical (unpaired) electrons. The van der Waals surface area contributed by atoms with E-state index in [4.69, 9.17) is 5.84 Å². The van der Waals surface area contributed by atoms with Crippen LogP contribution in [-0.4, -0.2) is 10.9 Å². The summed E-state index contributed by atoms with van der Waals surface area (Å²) in [5.41, 5.74) is 4.19. The number of aromatic nitrogens is 1. The standard InChI is InChI=1S/C14H14FIN4O/c1-2-10-5-8(6-13(18-10)20-17)14(21)19-12-4-3-9(15)7-11(12)16/h3-7H,2,17H2,1H3,(H,18,20)(H,19,21). The molecule has 1 aromatic carbocycles. The van der Waals surface area contributed by atoms with Crippen LogP contribution in [0.3, 0.4) is 0 Å². The molecule has 0 unspecified atom stereocenters. The van der Waals surface area contributed by atoms with Gasteiger partial charge in [-0.15, -0.1) is 0 Å². The fraction of sp³-hybridized carbons (Fsp3) is 0.143. The maximum absolute atomic E-state index is 13.1. The summed E-state index contributed by atoms with van der Waals surface area (Å²) < 4.78 is 13.7. The van der Waals surface area contributed by atoms with Crippen LogP contribution in [0.1, 0.15) is 23.0 Å². The molecular formula is C14H14FIN4O. The number of rotatable bonds is 4. The third-order valence-electron chi connectivity index (χ3n) is 2.83. The summed E-state index contributed by atoms with van der Waals surface area (Å²) >= 11 is 1.97. The van der Waals surface area contributed by atoms with Gasteiger partial charge in [0.25, 0.3) is 5.91 Å². The zero-order valence-electron chi connectivity index (χ0n) is 11.3. The van der Waals surface area contributed by atoms with E-state index in [9.17, 15) is 9.18 Å². The zero-order chi connectivity index (χ0) is 15.4. The van der Waals surface area contributed by atoms with Crippen molar-refractivity contribution in [1.82, 2.24) is 4.98 Å². The third kappa shape index (κ3) is 3.88. The van der Waals surface area contributed by atoms with E-state index >= 15 is 0 Å². The number of hydrazine groups is 1. The van der Waals surface area contributed by atoms with Crippen molar-refractivity contribution in [3.05, 3.63) is 51.0 Å².